The predicted molar refractivity (Wildman–Crippen MR) is 119 cm³/mol. The van der Waals surface area contributed by atoms with Crippen LogP contribution >= 0.6 is 11.6 Å². The summed E-state index contributed by atoms with van der Waals surface area (Å²) in [5, 5.41) is 4.67. The molecule has 2 heterocycles. The highest BCUT2D eigenvalue weighted by Gasteiger charge is 2.29. The Bertz CT molecular complexity index is 1110. The lowest BCUT2D eigenvalue weighted by Crippen LogP contribution is -2.36. The van der Waals surface area contributed by atoms with Crippen molar-refractivity contribution in [3.05, 3.63) is 64.3 Å². The van der Waals surface area contributed by atoms with Crippen LogP contribution in [0.4, 0.5) is 0 Å². The van der Waals surface area contributed by atoms with Gasteiger partial charge in [0.2, 0.25) is 5.91 Å². The van der Waals surface area contributed by atoms with Crippen LogP contribution < -0.4 is 15.8 Å². The number of hydrogen-bond acceptors (Lipinski definition) is 3. The standard InChI is InChI=1S/C21H20ClN3O3.C2H6/c1-11-7-16(15-6-4-13(20(23)26)9-19(15)28-11)24-21(27)18-8-12-3-5-14(22)10-17(12)25(18)2;1-2/h3-6,8-11,16H,7H2,1-2H3,(H2,23,26)(H,24,27);1-2H3. The van der Waals surface area contributed by atoms with E-state index in [1.54, 1.807) is 24.3 Å². The lowest BCUT2D eigenvalue weighted by atomic mass is 9.95. The number of nitrogens with zero attached hydrogens (tertiary/aromatic N) is 1. The second-order valence-corrected chi connectivity index (χ2v) is 7.54. The molecule has 0 saturated heterocycles. The number of nitrogens with two attached hydrogens (primary N) is 1. The third-order valence-electron chi connectivity index (χ3n) is 5.11. The Morgan fingerprint density at radius 2 is 1.90 bits per heavy atom. The first kappa shape index (κ1) is 21.7. The first-order valence-corrected chi connectivity index (χ1v) is 10.4. The summed E-state index contributed by atoms with van der Waals surface area (Å²) in [6, 6.07) is 12.2. The van der Waals surface area contributed by atoms with Gasteiger partial charge >= 0.3 is 0 Å². The van der Waals surface area contributed by atoms with Crippen molar-refractivity contribution in [2.24, 2.45) is 12.8 Å². The molecular formula is C23H26ClN3O3. The average molecular weight is 428 g/mol. The van der Waals surface area contributed by atoms with Crippen LogP contribution in [0.3, 0.4) is 0 Å². The van der Waals surface area contributed by atoms with Crippen LogP contribution in [-0.2, 0) is 7.05 Å². The third kappa shape index (κ3) is 4.14. The van der Waals surface area contributed by atoms with Gasteiger partial charge in [-0.1, -0.05) is 37.6 Å². The molecule has 1 aliphatic heterocycles. The molecule has 2 unspecified atom stereocenters. The van der Waals surface area contributed by atoms with E-state index in [0.717, 1.165) is 16.5 Å². The van der Waals surface area contributed by atoms with E-state index in [2.05, 4.69) is 5.32 Å². The molecule has 0 spiro atoms. The number of carbonyl (C=O) groups is 2. The molecule has 0 bridgehead atoms. The zero-order valence-electron chi connectivity index (χ0n) is 17.5. The number of nitrogens with one attached hydrogen (secondary N) is 1. The number of halogens is 1. The van der Waals surface area contributed by atoms with Crippen LogP contribution in [0, 0.1) is 0 Å². The van der Waals surface area contributed by atoms with Crippen molar-refractivity contribution >= 4 is 34.3 Å². The number of aryl methyl sites for hydroxylation is 1. The van der Waals surface area contributed by atoms with Crippen molar-refractivity contribution in [1.82, 2.24) is 9.88 Å². The van der Waals surface area contributed by atoms with Crippen LogP contribution in [0.15, 0.2) is 42.5 Å². The smallest absolute Gasteiger partial charge is 0.268 e. The molecule has 6 nitrogen and oxygen atoms in total. The van der Waals surface area contributed by atoms with Crippen molar-refractivity contribution in [1.29, 1.82) is 0 Å². The van der Waals surface area contributed by atoms with Crippen molar-refractivity contribution < 1.29 is 14.3 Å². The summed E-state index contributed by atoms with van der Waals surface area (Å²) < 4.78 is 7.68. The lowest BCUT2D eigenvalue weighted by Gasteiger charge is -2.31. The molecule has 3 N–H and O–H groups in total. The normalized spacial score (nSPS) is 17.4. The maximum absolute atomic E-state index is 13.0. The highest BCUT2D eigenvalue weighted by molar-refractivity contribution is 6.31. The number of aromatic nitrogens is 1. The Labute approximate surface area is 181 Å². The molecule has 7 heteroatoms. The fourth-order valence-corrected chi connectivity index (χ4v) is 3.86. The quantitative estimate of drug-likeness (QED) is 0.640. The maximum atomic E-state index is 13.0. The molecule has 0 aliphatic carbocycles. The Kier molecular flexibility index (Phi) is 6.37. The van der Waals surface area contributed by atoms with Gasteiger partial charge in [0.1, 0.15) is 11.4 Å². The topological polar surface area (TPSA) is 86.4 Å². The maximum Gasteiger partial charge on any atom is 0.268 e. The number of primary amides is 1. The predicted octanol–water partition coefficient (Wildman–Crippen LogP) is 4.60. The van der Waals surface area contributed by atoms with Gasteiger partial charge in [0.05, 0.1) is 12.1 Å². The van der Waals surface area contributed by atoms with Gasteiger partial charge in [-0.3, -0.25) is 9.59 Å². The zero-order valence-corrected chi connectivity index (χ0v) is 18.3. The van der Waals surface area contributed by atoms with Gasteiger partial charge in [-0.25, -0.2) is 0 Å². The molecule has 0 saturated carbocycles. The van der Waals surface area contributed by atoms with E-state index in [4.69, 9.17) is 22.1 Å². The first-order chi connectivity index (χ1) is 14.3. The molecule has 158 valence electrons. The molecule has 0 fully saturated rings. The molecule has 3 aromatic rings. The van der Waals surface area contributed by atoms with Gasteiger partial charge in [-0.15, -0.1) is 0 Å². The van der Waals surface area contributed by atoms with E-state index in [0.29, 0.717) is 28.5 Å². The van der Waals surface area contributed by atoms with Gasteiger partial charge < -0.3 is 20.4 Å². The van der Waals surface area contributed by atoms with Crippen LogP contribution in [0.5, 0.6) is 5.75 Å². The summed E-state index contributed by atoms with van der Waals surface area (Å²) in [6.07, 6.45) is 0.525. The number of rotatable bonds is 3. The van der Waals surface area contributed by atoms with Crippen molar-refractivity contribution in [3.63, 3.8) is 0 Å². The molecule has 30 heavy (non-hydrogen) atoms. The van der Waals surface area contributed by atoms with E-state index in [-0.39, 0.29) is 18.1 Å². The highest BCUT2D eigenvalue weighted by Crippen LogP contribution is 2.36. The van der Waals surface area contributed by atoms with E-state index in [1.807, 2.05) is 50.6 Å². The van der Waals surface area contributed by atoms with Gasteiger partial charge in [-0.2, -0.15) is 0 Å². The number of fused-ring (bicyclic) bond motifs is 2. The first-order valence-electron chi connectivity index (χ1n) is 9.99. The molecular weight excluding hydrogens is 402 g/mol. The summed E-state index contributed by atoms with van der Waals surface area (Å²) in [5.41, 5.74) is 8.01. The molecule has 2 atom stereocenters. The Balaban J connectivity index is 0.00000124. The van der Waals surface area contributed by atoms with Crippen LogP contribution in [0.1, 0.15) is 59.6 Å². The Hall–Kier alpha value is -2.99. The zero-order chi connectivity index (χ0) is 22.0. The average Bonchev–Trinajstić information content (AvgIpc) is 3.05. The summed E-state index contributed by atoms with van der Waals surface area (Å²) in [5.74, 6) is -0.123. The van der Waals surface area contributed by atoms with Crippen LogP contribution in [-0.4, -0.2) is 22.5 Å². The molecule has 2 amide bonds. The van der Waals surface area contributed by atoms with Crippen LogP contribution in [0.2, 0.25) is 5.02 Å². The largest absolute Gasteiger partial charge is 0.490 e. The van der Waals surface area contributed by atoms with Gasteiger partial charge in [0.15, 0.2) is 0 Å². The number of carbonyl (C=O) groups excluding carboxylic acids is 2. The second kappa shape index (κ2) is 8.79. The van der Waals surface area contributed by atoms with E-state index in [1.165, 1.54) is 0 Å². The number of amides is 2. The fraction of sp³-hybridized carbons (Fsp3) is 0.304. The van der Waals surface area contributed by atoms with Crippen molar-refractivity contribution in [3.8, 4) is 5.75 Å². The van der Waals surface area contributed by atoms with E-state index >= 15 is 0 Å². The molecule has 1 aromatic heterocycles. The Morgan fingerprint density at radius 1 is 1.17 bits per heavy atom. The van der Waals surface area contributed by atoms with Gasteiger partial charge in [0.25, 0.3) is 5.91 Å². The monoisotopic (exact) mass is 427 g/mol. The van der Waals surface area contributed by atoms with Crippen molar-refractivity contribution in [2.75, 3.05) is 0 Å². The number of ether oxygens (including phenoxy) is 1. The fourth-order valence-electron chi connectivity index (χ4n) is 3.69. The summed E-state index contributed by atoms with van der Waals surface area (Å²) in [4.78, 5) is 24.4. The molecule has 1 aliphatic rings. The lowest BCUT2D eigenvalue weighted by molar-refractivity contribution is 0.0896. The molecule has 0 radical (unpaired) electrons. The summed E-state index contributed by atoms with van der Waals surface area (Å²) in [6.45, 7) is 5.93. The molecule has 2 aromatic carbocycles. The highest BCUT2D eigenvalue weighted by atomic mass is 35.5. The Morgan fingerprint density at radius 3 is 2.60 bits per heavy atom. The third-order valence-corrected chi connectivity index (χ3v) is 5.35. The minimum absolute atomic E-state index is 0.104. The summed E-state index contributed by atoms with van der Waals surface area (Å²) >= 11 is 6.08. The van der Waals surface area contributed by atoms with E-state index < -0.39 is 5.91 Å². The van der Waals surface area contributed by atoms with Crippen molar-refractivity contribution in [2.45, 2.75) is 39.3 Å². The second-order valence-electron chi connectivity index (χ2n) is 7.10. The SMILES string of the molecule is CC.CC1CC(NC(=O)c2cc3ccc(Cl)cc3n2C)c2ccc(C(N)=O)cc2O1. The number of hydrogen-bond donors (Lipinski definition) is 2. The van der Waals surface area contributed by atoms with Gasteiger partial charge in [-0.05, 0) is 37.3 Å². The van der Waals surface area contributed by atoms with Gasteiger partial charge in [0, 0.05) is 40.5 Å². The minimum atomic E-state index is -0.514. The van der Waals surface area contributed by atoms with Crippen LogP contribution in [0.25, 0.3) is 10.9 Å². The minimum Gasteiger partial charge on any atom is -0.490 e. The molecule has 4 rings (SSSR count). The number of benzene rings is 2. The summed E-state index contributed by atoms with van der Waals surface area (Å²) in [7, 11) is 1.84. The van der Waals surface area contributed by atoms with E-state index in [9.17, 15) is 9.59 Å².